The molecule has 0 aliphatic carbocycles. The van der Waals surface area contributed by atoms with Crippen LogP contribution >= 0.6 is 0 Å². The summed E-state index contributed by atoms with van der Waals surface area (Å²) in [5.74, 6) is 1.00. The first-order chi connectivity index (χ1) is 14.1. The van der Waals surface area contributed by atoms with Gasteiger partial charge in [-0.15, -0.1) is 6.58 Å². The average Bonchev–Trinajstić information content (AvgIpc) is 2.78. The normalized spacial score (nSPS) is 15.6. The predicted molar refractivity (Wildman–Crippen MR) is 117 cm³/mol. The van der Waals surface area contributed by atoms with Gasteiger partial charge < -0.3 is 14.4 Å². The van der Waals surface area contributed by atoms with Gasteiger partial charge in [0, 0.05) is 6.54 Å². The van der Waals surface area contributed by atoms with E-state index < -0.39 is 15.4 Å². The van der Waals surface area contributed by atoms with E-state index in [1.807, 2.05) is 13.8 Å². The van der Waals surface area contributed by atoms with Gasteiger partial charge in [0.15, 0.2) is 0 Å². The summed E-state index contributed by atoms with van der Waals surface area (Å²) in [6, 6.07) is 9.52. The second-order valence-electron chi connectivity index (χ2n) is 7.80. The fourth-order valence-corrected chi connectivity index (χ4v) is 4.39. The Bertz CT molecular complexity index is 1090. The first kappa shape index (κ1) is 21.7. The Morgan fingerprint density at radius 1 is 1.27 bits per heavy atom. The van der Waals surface area contributed by atoms with Crippen LogP contribution in [0.3, 0.4) is 0 Å². The van der Waals surface area contributed by atoms with Crippen LogP contribution in [0.5, 0.6) is 11.5 Å². The van der Waals surface area contributed by atoms with Crippen LogP contribution in [0.15, 0.2) is 53.9 Å². The van der Waals surface area contributed by atoms with Crippen molar-refractivity contribution in [3.8, 4) is 11.5 Å². The number of fused-ring (bicyclic) bond motifs is 1. The number of ether oxygens (including phenoxy) is 2. The summed E-state index contributed by atoms with van der Waals surface area (Å²) in [7, 11) is -2.30. The summed E-state index contributed by atoms with van der Waals surface area (Å²) >= 11 is 0. The van der Waals surface area contributed by atoms with Gasteiger partial charge in [0.25, 0.3) is 10.0 Å². The number of sulfonamides is 1. The highest BCUT2D eigenvalue weighted by molar-refractivity contribution is 7.92. The zero-order chi connectivity index (χ0) is 22.1. The molecule has 0 fully saturated rings. The Morgan fingerprint density at radius 3 is 2.63 bits per heavy atom. The molecule has 0 unspecified atom stereocenters. The van der Waals surface area contributed by atoms with Gasteiger partial charge in [-0.05, 0) is 62.7 Å². The van der Waals surface area contributed by atoms with Crippen molar-refractivity contribution in [3.05, 3.63) is 54.6 Å². The van der Waals surface area contributed by atoms with Crippen molar-refractivity contribution in [2.75, 3.05) is 29.9 Å². The van der Waals surface area contributed by atoms with E-state index in [1.165, 1.54) is 13.2 Å². The van der Waals surface area contributed by atoms with Crippen LogP contribution in [0.4, 0.5) is 11.4 Å². The zero-order valence-corrected chi connectivity index (χ0v) is 18.4. The summed E-state index contributed by atoms with van der Waals surface area (Å²) in [5.41, 5.74) is 0.812. The zero-order valence-electron chi connectivity index (χ0n) is 17.6. The first-order valence-electron chi connectivity index (χ1n) is 9.46. The number of hydrogen-bond acceptors (Lipinski definition) is 5. The van der Waals surface area contributed by atoms with Crippen LogP contribution in [0, 0.1) is 12.3 Å². The highest BCUT2D eigenvalue weighted by atomic mass is 32.2. The van der Waals surface area contributed by atoms with E-state index in [9.17, 15) is 13.2 Å². The van der Waals surface area contributed by atoms with Gasteiger partial charge in [-0.3, -0.25) is 9.52 Å². The fourth-order valence-electron chi connectivity index (χ4n) is 3.25. The lowest BCUT2D eigenvalue weighted by molar-refractivity contribution is -0.127. The molecule has 1 amide bonds. The predicted octanol–water partition coefficient (Wildman–Crippen LogP) is 3.74. The lowest BCUT2D eigenvalue weighted by Crippen LogP contribution is -2.42. The minimum Gasteiger partial charge on any atom is -0.496 e. The molecule has 1 N–H and O–H groups in total. The number of carbonyl (C=O) groups excluding carboxylic acids is 1. The Balaban J connectivity index is 1.98. The number of methoxy groups -OCH3 is 1. The van der Waals surface area contributed by atoms with E-state index in [4.69, 9.17) is 9.47 Å². The van der Waals surface area contributed by atoms with Gasteiger partial charge >= 0.3 is 0 Å². The van der Waals surface area contributed by atoms with Crippen molar-refractivity contribution >= 4 is 27.3 Å². The second kappa shape index (κ2) is 8.02. The average molecular weight is 431 g/mol. The highest BCUT2D eigenvalue weighted by Crippen LogP contribution is 2.38. The lowest BCUT2D eigenvalue weighted by atomic mass is 9.93. The standard InChI is InChI=1S/C22H26N2O5S/c1-6-11-24-18-13-16(7-9-20(18)29-14-22(3,4)21(24)25)23-30(26,27)17-8-10-19(28-5)15(2)12-17/h6-10,12-13,23H,1,11,14H2,2-5H3. The Labute approximate surface area is 177 Å². The molecule has 3 rings (SSSR count). The minimum absolute atomic E-state index is 0.118. The molecule has 0 spiro atoms. The highest BCUT2D eigenvalue weighted by Gasteiger charge is 2.37. The molecule has 2 aromatic carbocycles. The van der Waals surface area contributed by atoms with E-state index in [1.54, 1.807) is 48.2 Å². The van der Waals surface area contributed by atoms with Crippen molar-refractivity contribution in [1.82, 2.24) is 0 Å². The van der Waals surface area contributed by atoms with E-state index in [-0.39, 0.29) is 24.0 Å². The molecule has 1 aliphatic rings. The molecule has 2 aromatic rings. The van der Waals surface area contributed by atoms with Gasteiger partial charge in [0.1, 0.15) is 18.1 Å². The summed E-state index contributed by atoms with van der Waals surface area (Å²) in [5, 5.41) is 0. The maximum Gasteiger partial charge on any atom is 0.261 e. The number of hydrogen-bond donors (Lipinski definition) is 1. The summed E-state index contributed by atoms with van der Waals surface area (Å²) in [6.07, 6.45) is 1.63. The van der Waals surface area contributed by atoms with Crippen molar-refractivity contribution in [2.45, 2.75) is 25.7 Å². The molecule has 30 heavy (non-hydrogen) atoms. The molecule has 0 atom stereocenters. The smallest absolute Gasteiger partial charge is 0.261 e. The molecule has 160 valence electrons. The van der Waals surface area contributed by atoms with E-state index in [2.05, 4.69) is 11.3 Å². The van der Waals surface area contributed by atoms with Gasteiger partial charge in [-0.2, -0.15) is 0 Å². The van der Waals surface area contributed by atoms with E-state index >= 15 is 0 Å². The molecule has 0 bridgehead atoms. The van der Waals surface area contributed by atoms with Gasteiger partial charge in [0.2, 0.25) is 5.91 Å². The lowest BCUT2D eigenvalue weighted by Gasteiger charge is -2.27. The first-order valence-corrected chi connectivity index (χ1v) is 10.9. The van der Waals surface area contributed by atoms with Crippen LogP contribution in [0.2, 0.25) is 0 Å². The number of amides is 1. The monoisotopic (exact) mass is 430 g/mol. The van der Waals surface area contributed by atoms with Crippen molar-refractivity contribution in [2.24, 2.45) is 5.41 Å². The molecular formula is C22H26N2O5S. The fraction of sp³-hybridized carbons (Fsp3) is 0.318. The maximum absolute atomic E-state index is 13.0. The number of anilines is 2. The Kier molecular flexibility index (Phi) is 5.81. The molecule has 0 aromatic heterocycles. The summed E-state index contributed by atoms with van der Waals surface area (Å²) in [4.78, 5) is 14.7. The largest absolute Gasteiger partial charge is 0.496 e. The molecule has 7 nitrogen and oxygen atoms in total. The SMILES string of the molecule is C=CCN1C(=O)C(C)(C)COc2ccc(NS(=O)(=O)c3ccc(OC)c(C)c3)cc21. The number of carbonyl (C=O) groups is 1. The van der Waals surface area contributed by atoms with Crippen LogP contribution in [0.25, 0.3) is 0 Å². The van der Waals surface area contributed by atoms with Crippen LogP contribution in [-0.4, -0.2) is 34.6 Å². The summed E-state index contributed by atoms with van der Waals surface area (Å²) < 4.78 is 39.4. The van der Waals surface area contributed by atoms with Gasteiger partial charge in [-0.1, -0.05) is 6.08 Å². The molecule has 0 radical (unpaired) electrons. The van der Waals surface area contributed by atoms with Crippen molar-refractivity contribution < 1.29 is 22.7 Å². The van der Waals surface area contributed by atoms with E-state index in [0.717, 1.165) is 0 Å². The quantitative estimate of drug-likeness (QED) is 0.706. The number of rotatable bonds is 6. The minimum atomic E-state index is -3.83. The third kappa shape index (κ3) is 4.14. The molecule has 8 heteroatoms. The molecule has 1 aliphatic heterocycles. The number of benzene rings is 2. The third-order valence-electron chi connectivity index (χ3n) is 4.90. The van der Waals surface area contributed by atoms with Gasteiger partial charge in [-0.25, -0.2) is 8.42 Å². The number of aryl methyl sites for hydroxylation is 1. The third-order valence-corrected chi connectivity index (χ3v) is 6.28. The molecule has 0 saturated heterocycles. The van der Waals surface area contributed by atoms with Crippen LogP contribution in [-0.2, 0) is 14.8 Å². The Morgan fingerprint density at radius 2 is 2.00 bits per heavy atom. The van der Waals surface area contributed by atoms with Crippen molar-refractivity contribution in [3.63, 3.8) is 0 Å². The summed E-state index contributed by atoms with van der Waals surface area (Å²) in [6.45, 7) is 9.64. The maximum atomic E-state index is 13.0. The van der Waals surface area contributed by atoms with E-state index in [0.29, 0.717) is 28.4 Å². The molecule has 1 heterocycles. The Hall–Kier alpha value is -3.00. The molecule has 0 saturated carbocycles. The number of nitrogens with zero attached hydrogens (tertiary/aromatic N) is 1. The van der Waals surface area contributed by atoms with Crippen molar-refractivity contribution in [1.29, 1.82) is 0 Å². The topological polar surface area (TPSA) is 84.9 Å². The van der Waals surface area contributed by atoms with Crippen LogP contribution < -0.4 is 19.1 Å². The molecular weight excluding hydrogens is 404 g/mol. The van der Waals surface area contributed by atoms with Gasteiger partial charge in [0.05, 0.1) is 28.8 Å². The van der Waals surface area contributed by atoms with Crippen LogP contribution in [0.1, 0.15) is 19.4 Å². The number of nitrogens with one attached hydrogen (secondary N) is 1. The second-order valence-corrected chi connectivity index (χ2v) is 9.48.